The molecule has 3 nitrogen and oxygen atoms in total. The van der Waals surface area contributed by atoms with E-state index in [1.807, 2.05) is 20.8 Å². The molecular weight excluding hydrogens is 293 g/mol. The molecule has 0 saturated carbocycles. The van der Waals surface area contributed by atoms with Crippen LogP contribution in [0.25, 0.3) is 0 Å². The summed E-state index contributed by atoms with van der Waals surface area (Å²) in [6, 6.07) is 4.55. The van der Waals surface area contributed by atoms with E-state index in [9.17, 15) is 9.18 Å². The highest BCUT2D eigenvalue weighted by molar-refractivity contribution is 6.30. The van der Waals surface area contributed by atoms with Crippen LogP contribution in [0.1, 0.15) is 39.2 Å². The first kappa shape index (κ1) is 16.1. The largest absolute Gasteiger partial charge is 0.444 e. The van der Waals surface area contributed by atoms with Crippen LogP contribution in [-0.2, 0) is 4.74 Å². The number of hydrogen-bond acceptors (Lipinski definition) is 2. The maximum absolute atomic E-state index is 13.4. The zero-order valence-corrected chi connectivity index (χ0v) is 13.3. The highest BCUT2D eigenvalue weighted by Crippen LogP contribution is 2.30. The van der Waals surface area contributed by atoms with Crippen molar-refractivity contribution in [2.24, 2.45) is 0 Å². The van der Waals surface area contributed by atoms with Gasteiger partial charge in [-0.25, -0.2) is 9.18 Å². The number of amides is 1. The lowest BCUT2D eigenvalue weighted by atomic mass is 9.89. The van der Waals surface area contributed by atoms with E-state index in [1.165, 1.54) is 12.1 Å². The molecule has 1 aromatic rings. The number of ether oxygens (including phenoxy) is 1. The van der Waals surface area contributed by atoms with Crippen molar-refractivity contribution in [3.05, 3.63) is 40.5 Å². The third-order valence-corrected chi connectivity index (χ3v) is 3.51. The third-order valence-electron chi connectivity index (χ3n) is 3.29. The van der Waals surface area contributed by atoms with Crippen LogP contribution in [0.3, 0.4) is 0 Å². The molecule has 1 radical (unpaired) electrons. The van der Waals surface area contributed by atoms with Crippen molar-refractivity contribution in [1.29, 1.82) is 0 Å². The molecule has 0 spiro atoms. The average Bonchev–Trinajstić information content (AvgIpc) is 2.35. The Kier molecular flexibility index (Phi) is 4.77. The SMILES string of the molecule is CC(C)(C)OC(=O)N1CC[C](c2cc(F)cc(Cl)c2)CC1. The zero-order valence-electron chi connectivity index (χ0n) is 12.6. The number of halogens is 2. The minimum absolute atomic E-state index is 0.293. The zero-order chi connectivity index (χ0) is 15.6. The molecule has 1 aliphatic heterocycles. The Bertz CT molecular complexity index is 499. The molecule has 0 unspecified atom stereocenters. The van der Waals surface area contributed by atoms with Crippen LogP contribution >= 0.6 is 11.6 Å². The molecule has 21 heavy (non-hydrogen) atoms. The Morgan fingerprint density at radius 2 is 1.86 bits per heavy atom. The van der Waals surface area contributed by atoms with Gasteiger partial charge in [0.1, 0.15) is 11.4 Å². The van der Waals surface area contributed by atoms with Crippen LogP contribution in [0.15, 0.2) is 18.2 Å². The fourth-order valence-corrected chi connectivity index (χ4v) is 2.55. The Balaban J connectivity index is 1.95. The topological polar surface area (TPSA) is 29.5 Å². The first-order valence-electron chi connectivity index (χ1n) is 7.04. The Morgan fingerprint density at radius 3 is 2.38 bits per heavy atom. The minimum Gasteiger partial charge on any atom is -0.444 e. The van der Waals surface area contributed by atoms with Gasteiger partial charge in [0.2, 0.25) is 0 Å². The fraction of sp³-hybridized carbons (Fsp3) is 0.500. The number of nitrogens with zero attached hydrogens (tertiary/aromatic N) is 1. The molecule has 0 aromatic heterocycles. The summed E-state index contributed by atoms with van der Waals surface area (Å²) in [6.07, 6.45) is 1.12. The minimum atomic E-state index is -0.489. The van der Waals surface area contributed by atoms with Crippen molar-refractivity contribution in [1.82, 2.24) is 4.90 Å². The molecule has 5 heteroatoms. The lowest BCUT2D eigenvalue weighted by Crippen LogP contribution is -2.41. The number of piperidine rings is 1. The van der Waals surface area contributed by atoms with E-state index in [0.29, 0.717) is 31.0 Å². The van der Waals surface area contributed by atoms with Crippen LogP contribution in [0, 0.1) is 11.7 Å². The predicted molar refractivity (Wildman–Crippen MR) is 80.8 cm³/mol. The summed E-state index contributed by atoms with van der Waals surface area (Å²) < 4.78 is 18.7. The Labute approximate surface area is 130 Å². The molecule has 2 rings (SSSR count). The first-order valence-corrected chi connectivity index (χ1v) is 7.41. The molecule has 0 atom stereocenters. The van der Waals surface area contributed by atoms with Crippen molar-refractivity contribution >= 4 is 17.7 Å². The number of carbonyl (C=O) groups excluding carboxylic acids is 1. The van der Waals surface area contributed by atoms with Crippen LogP contribution in [0.5, 0.6) is 0 Å². The van der Waals surface area contributed by atoms with E-state index in [-0.39, 0.29) is 11.9 Å². The van der Waals surface area contributed by atoms with Gasteiger partial charge in [0.25, 0.3) is 0 Å². The fourth-order valence-electron chi connectivity index (χ4n) is 2.33. The second-order valence-electron chi connectivity index (χ2n) is 6.23. The van der Waals surface area contributed by atoms with Gasteiger partial charge in [0, 0.05) is 24.0 Å². The normalized spacial score (nSPS) is 16.9. The van der Waals surface area contributed by atoms with Gasteiger partial charge in [-0.1, -0.05) is 11.6 Å². The van der Waals surface area contributed by atoms with Gasteiger partial charge in [-0.3, -0.25) is 0 Å². The standard InChI is InChI=1S/C16H20ClFNO2/c1-16(2,3)21-15(20)19-6-4-11(5-7-19)12-8-13(17)10-14(18)9-12/h8-10H,4-7H2,1-3H3. The number of rotatable bonds is 1. The Morgan fingerprint density at radius 1 is 1.24 bits per heavy atom. The summed E-state index contributed by atoms with van der Waals surface area (Å²) in [4.78, 5) is 13.7. The summed E-state index contributed by atoms with van der Waals surface area (Å²) in [5.74, 6) is 0.788. The smallest absolute Gasteiger partial charge is 0.410 e. The molecule has 1 heterocycles. The first-order chi connectivity index (χ1) is 9.74. The molecule has 1 saturated heterocycles. The molecule has 115 valence electrons. The highest BCUT2D eigenvalue weighted by Gasteiger charge is 2.28. The van der Waals surface area contributed by atoms with Gasteiger partial charge in [-0.15, -0.1) is 0 Å². The summed E-state index contributed by atoms with van der Waals surface area (Å²) in [7, 11) is 0. The third kappa shape index (κ3) is 4.60. The Hall–Kier alpha value is -1.29. The van der Waals surface area contributed by atoms with E-state index in [1.54, 1.807) is 11.0 Å². The van der Waals surface area contributed by atoms with E-state index < -0.39 is 5.60 Å². The van der Waals surface area contributed by atoms with E-state index >= 15 is 0 Å². The van der Waals surface area contributed by atoms with Crippen molar-refractivity contribution in [2.75, 3.05) is 13.1 Å². The summed E-state index contributed by atoms with van der Waals surface area (Å²) >= 11 is 5.88. The monoisotopic (exact) mass is 312 g/mol. The van der Waals surface area contributed by atoms with Crippen LogP contribution in [0.2, 0.25) is 5.02 Å². The molecule has 0 N–H and O–H groups in total. The van der Waals surface area contributed by atoms with Gasteiger partial charge < -0.3 is 9.64 Å². The van der Waals surface area contributed by atoms with Crippen LogP contribution < -0.4 is 0 Å². The molecular formula is C16H20ClFNO2. The van der Waals surface area contributed by atoms with Crippen molar-refractivity contribution in [3.8, 4) is 0 Å². The van der Waals surface area contributed by atoms with Gasteiger partial charge in [-0.05, 0) is 57.4 Å². The molecule has 1 fully saturated rings. The van der Waals surface area contributed by atoms with Crippen LogP contribution in [0.4, 0.5) is 9.18 Å². The lowest BCUT2D eigenvalue weighted by molar-refractivity contribution is 0.0228. The molecule has 0 bridgehead atoms. The number of benzene rings is 1. The maximum Gasteiger partial charge on any atom is 0.410 e. The highest BCUT2D eigenvalue weighted by atomic mass is 35.5. The van der Waals surface area contributed by atoms with Gasteiger partial charge >= 0.3 is 6.09 Å². The maximum atomic E-state index is 13.4. The van der Waals surface area contributed by atoms with E-state index in [2.05, 4.69) is 0 Å². The van der Waals surface area contributed by atoms with Gasteiger partial charge in [0.15, 0.2) is 0 Å². The van der Waals surface area contributed by atoms with E-state index in [0.717, 1.165) is 11.5 Å². The molecule has 1 amide bonds. The van der Waals surface area contributed by atoms with E-state index in [4.69, 9.17) is 16.3 Å². The van der Waals surface area contributed by atoms with Gasteiger partial charge in [0.05, 0.1) is 0 Å². The summed E-state index contributed by atoms with van der Waals surface area (Å²) in [5, 5.41) is 0.395. The molecule has 1 aliphatic rings. The number of likely N-dealkylation sites (tertiary alicyclic amines) is 1. The summed E-state index contributed by atoms with van der Waals surface area (Å²) in [5.41, 5.74) is 0.334. The molecule has 0 aliphatic carbocycles. The second-order valence-corrected chi connectivity index (χ2v) is 6.67. The molecule has 1 aromatic carbocycles. The van der Waals surface area contributed by atoms with Crippen molar-refractivity contribution < 1.29 is 13.9 Å². The number of hydrogen-bond donors (Lipinski definition) is 0. The quantitative estimate of drug-likeness (QED) is 0.767. The van der Waals surface area contributed by atoms with Crippen molar-refractivity contribution in [2.45, 2.75) is 39.2 Å². The average molecular weight is 313 g/mol. The number of carbonyl (C=O) groups is 1. The predicted octanol–water partition coefficient (Wildman–Crippen LogP) is 4.43. The lowest BCUT2D eigenvalue weighted by Gasteiger charge is -2.33. The van der Waals surface area contributed by atoms with Gasteiger partial charge in [-0.2, -0.15) is 0 Å². The van der Waals surface area contributed by atoms with Crippen LogP contribution in [-0.4, -0.2) is 29.7 Å². The second kappa shape index (κ2) is 6.22. The van der Waals surface area contributed by atoms with Crippen molar-refractivity contribution in [3.63, 3.8) is 0 Å². The summed E-state index contributed by atoms with van der Waals surface area (Å²) in [6.45, 7) is 6.71.